The number of aromatic nitrogens is 2. The summed E-state index contributed by atoms with van der Waals surface area (Å²) in [5.41, 5.74) is 2.07. The van der Waals surface area contributed by atoms with Crippen LogP contribution in [0.1, 0.15) is 5.69 Å². The minimum atomic E-state index is -0.392. The Morgan fingerprint density at radius 2 is 2.33 bits per heavy atom. The predicted octanol–water partition coefficient (Wildman–Crippen LogP) is 2.58. The third-order valence-electron chi connectivity index (χ3n) is 2.43. The highest BCUT2D eigenvalue weighted by Gasteiger charge is 2.08. The SMILES string of the molecule is O=[N+]([O-])c1ccc(NCCc2cnc[nH]2)c(I)c1. The second-order valence-corrected chi connectivity index (χ2v) is 4.84. The normalized spacial score (nSPS) is 10.3. The number of nitro benzene ring substituents is 1. The second-order valence-electron chi connectivity index (χ2n) is 3.67. The minimum absolute atomic E-state index is 0.110. The maximum atomic E-state index is 10.6. The first-order chi connectivity index (χ1) is 8.66. The molecule has 94 valence electrons. The topological polar surface area (TPSA) is 83.8 Å². The van der Waals surface area contributed by atoms with E-state index in [1.54, 1.807) is 24.7 Å². The number of imidazole rings is 1. The first kappa shape index (κ1) is 12.8. The summed E-state index contributed by atoms with van der Waals surface area (Å²) in [5.74, 6) is 0. The number of hydrogen-bond acceptors (Lipinski definition) is 4. The maximum Gasteiger partial charge on any atom is 0.270 e. The highest BCUT2D eigenvalue weighted by Crippen LogP contribution is 2.23. The summed E-state index contributed by atoms with van der Waals surface area (Å²) in [6.45, 7) is 0.746. The quantitative estimate of drug-likeness (QED) is 0.489. The molecular formula is C11H11IN4O2. The zero-order valence-corrected chi connectivity index (χ0v) is 11.5. The largest absolute Gasteiger partial charge is 0.384 e. The standard InChI is InChI=1S/C11H11IN4O2/c12-10-5-9(16(17)18)1-2-11(10)14-4-3-8-6-13-7-15-8/h1-2,5-7,14H,3-4H2,(H,13,15). The molecule has 1 aromatic heterocycles. The lowest BCUT2D eigenvalue weighted by molar-refractivity contribution is -0.384. The molecule has 2 N–H and O–H groups in total. The predicted molar refractivity (Wildman–Crippen MR) is 76.6 cm³/mol. The molecule has 0 bridgehead atoms. The van der Waals surface area contributed by atoms with Crippen LogP contribution in [0.25, 0.3) is 0 Å². The lowest BCUT2D eigenvalue weighted by Crippen LogP contribution is -2.06. The van der Waals surface area contributed by atoms with Crippen LogP contribution in [-0.2, 0) is 6.42 Å². The van der Waals surface area contributed by atoms with Crippen molar-refractivity contribution in [2.45, 2.75) is 6.42 Å². The first-order valence-electron chi connectivity index (χ1n) is 5.32. The van der Waals surface area contributed by atoms with Gasteiger partial charge in [-0.3, -0.25) is 10.1 Å². The zero-order valence-electron chi connectivity index (χ0n) is 9.39. The number of non-ortho nitro benzene ring substituents is 1. The fourth-order valence-electron chi connectivity index (χ4n) is 1.51. The number of nitrogens with one attached hydrogen (secondary N) is 2. The number of nitro groups is 1. The molecule has 0 aliphatic heterocycles. The van der Waals surface area contributed by atoms with E-state index in [0.29, 0.717) is 0 Å². The highest BCUT2D eigenvalue weighted by atomic mass is 127. The van der Waals surface area contributed by atoms with Crippen LogP contribution in [0.5, 0.6) is 0 Å². The van der Waals surface area contributed by atoms with Crippen LogP contribution in [0.4, 0.5) is 11.4 Å². The average Bonchev–Trinajstić information content (AvgIpc) is 2.84. The molecular weight excluding hydrogens is 347 g/mol. The Kier molecular flexibility index (Phi) is 4.13. The Morgan fingerprint density at radius 1 is 1.50 bits per heavy atom. The van der Waals surface area contributed by atoms with Gasteiger partial charge in [-0.1, -0.05) is 0 Å². The van der Waals surface area contributed by atoms with Gasteiger partial charge in [0.05, 0.1) is 11.3 Å². The summed E-state index contributed by atoms with van der Waals surface area (Å²) >= 11 is 2.09. The van der Waals surface area contributed by atoms with Gasteiger partial charge in [0.25, 0.3) is 5.69 Å². The monoisotopic (exact) mass is 358 g/mol. The van der Waals surface area contributed by atoms with E-state index in [2.05, 4.69) is 37.9 Å². The molecule has 0 aliphatic carbocycles. The smallest absolute Gasteiger partial charge is 0.270 e. The van der Waals surface area contributed by atoms with Crippen molar-refractivity contribution in [2.75, 3.05) is 11.9 Å². The van der Waals surface area contributed by atoms with Crippen LogP contribution in [0.2, 0.25) is 0 Å². The van der Waals surface area contributed by atoms with Gasteiger partial charge in [0.15, 0.2) is 0 Å². The number of aromatic amines is 1. The molecule has 0 amide bonds. The zero-order chi connectivity index (χ0) is 13.0. The summed E-state index contributed by atoms with van der Waals surface area (Å²) in [6, 6.07) is 4.78. The van der Waals surface area contributed by atoms with Crippen molar-refractivity contribution < 1.29 is 4.92 Å². The summed E-state index contributed by atoms with van der Waals surface area (Å²) < 4.78 is 0.839. The van der Waals surface area contributed by atoms with E-state index in [4.69, 9.17) is 0 Å². The Bertz CT molecular complexity index is 542. The van der Waals surface area contributed by atoms with E-state index in [9.17, 15) is 10.1 Å². The molecule has 2 aromatic rings. The van der Waals surface area contributed by atoms with Gasteiger partial charge in [-0.05, 0) is 28.7 Å². The molecule has 0 saturated carbocycles. The van der Waals surface area contributed by atoms with Crippen molar-refractivity contribution in [1.82, 2.24) is 9.97 Å². The molecule has 18 heavy (non-hydrogen) atoms. The molecule has 0 unspecified atom stereocenters. The second kappa shape index (κ2) is 5.80. The van der Waals surface area contributed by atoms with Gasteiger partial charge in [0.2, 0.25) is 0 Å². The van der Waals surface area contributed by atoms with Crippen molar-refractivity contribution >= 4 is 34.0 Å². The fourth-order valence-corrected chi connectivity index (χ4v) is 2.20. The van der Waals surface area contributed by atoms with Gasteiger partial charge in [-0.2, -0.15) is 0 Å². The van der Waals surface area contributed by atoms with Crippen molar-refractivity contribution in [2.24, 2.45) is 0 Å². The lowest BCUT2D eigenvalue weighted by atomic mass is 10.2. The summed E-state index contributed by atoms with van der Waals surface area (Å²) in [6.07, 6.45) is 4.25. The van der Waals surface area contributed by atoms with Crippen molar-refractivity contribution in [3.8, 4) is 0 Å². The van der Waals surface area contributed by atoms with E-state index in [0.717, 1.165) is 27.9 Å². The number of anilines is 1. The van der Waals surface area contributed by atoms with Gasteiger partial charge in [-0.25, -0.2) is 4.98 Å². The number of nitrogens with zero attached hydrogens (tertiary/aromatic N) is 2. The third kappa shape index (κ3) is 3.19. The van der Waals surface area contributed by atoms with Gasteiger partial charge in [0.1, 0.15) is 0 Å². The van der Waals surface area contributed by atoms with Crippen LogP contribution in [0.3, 0.4) is 0 Å². The molecule has 2 rings (SSSR count). The van der Waals surface area contributed by atoms with Gasteiger partial charge < -0.3 is 10.3 Å². The molecule has 0 fully saturated rings. The third-order valence-corrected chi connectivity index (χ3v) is 3.32. The van der Waals surface area contributed by atoms with E-state index in [1.165, 1.54) is 6.07 Å². The highest BCUT2D eigenvalue weighted by molar-refractivity contribution is 14.1. The van der Waals surface area contributed by atoms with Crippen LogP contribution in [-0.4, -0.2) is 21.4 Å². The molecule has 0 saturated heterocycles. The number of H-pyrrole nitrogens is 1. The van der Waals surface area contributed by atoms with Gasteiger partial charge in [0, 0.05) is 46.2 Å². The Morgan fingerprint density at radius 3 is 2.94 bits per heavy atom. The molecule has 0 spiro atoms. The summed E-state index contributed by atoms with van der Waals surface area (Å²) in [7, 11) is 0. The van der Waals surface area contributed by atoms with Crippen molar-refractivity contribution in [1.29, 1.82) is 0 Å². The van der Waals surface area contributed by atoms with E-state index in [1.807, 2.05) is 0 Å². The molecule has 1 aromatic carbocycles. The maximum absolute atomic E-state index is 10.6. The van der Waals surface area contributed by atoms with Crippen LogP contribution in [0, 0.1) is 13.7 Å². The molecule has 7 heteroatoms. The number of halogens is 1. The molecule has 1 heterocycles. The fraction of sp³-hybridized carbons (Fsp3) is 0.182. The Hall–Kier alpha value is -1.64. The lowest BCUT2D eigenvalue weighted by Gasteiger charge is -2.07. The molecule has 0 atom stereocenters. The Balaban J connectivity index is 1.95. The number of hydrogen-bond donors (Lipinski definition) is 2. The number of benzene rings is 1. The van der Waals surface area contributed by atoms with E-state index in [-0.39, 0.29) is 5.69 Å². The van der Waals surface area contributed by atoms with Crippen LogP contribution in [0.15, 0.2) is 30.7 Å². The van der Waals surface area contributed by atoms with Crippen LogP contribution < -0.4 is 5.32 Å². The first-order valence-corrected chi connectivity index (χ1v) is 6.40. The number of rotatable bonds is 5. The summed E-state index contributed by atoms with van der Waals surface area (Å²) in [4.78, 5) is 17.2. The minimum Gasteiger partial charge on any atom is -0.384 e. The molecule has 6 nitrogen and oxygen atoms in total. The van der Waals surface area contributed by atoms with Gasteiger partial charge in [-0.15, -0.1) is 0 Å². The summed E-state index contributed by atoms with van der Waals surface area (Å²) in [5, 5.41) is 13.8. The van der Waals surface area contributed by atoms with Crippen molar-refractivity contribution in [3.05, 3.63) is 50.1 Å². The molecule has 0 radical (unpaired) electrons. The van der Waals surface area contributed by atoms with E-state index >= 15 is 0 Å². The Labute approximate surface area is 117 Å². The van der Waals surface area contributed by atoms with Crippen molar-refractivity contribution in [3.63, 3.8) is 0 Å². The van der Waals surface area contributed by atoms with Crippen LogP contribution >= 0.6 is 22.6 Å². The average molecular weight is 358 g/mol. The van der Waals surface area contributed by atoms with Gasteiger partial charge >= 0.3 is 0 Å². The van der Waals surface area contributed by atoms with E-state index < -0.39 is 4.92 Å². The molecule has 0 aliphatic rings.